The fourth-order valence-corrected chi connectivity index (χ4v) is 4.55. The molecule has 33 heavy (non-hydrogen) atoms. The molecule has 0 unspecified atom stereocenters. The molecule has 0 saturated carbocycles. The van der Waals surface area contributed by atoms with E-state index in [9.17, 15) is 22.8 Å². The maximum Gasteiger partial charge on any atom is 0.306 e. The topological polar surface area (TPSA) is 119 Å². The van der Waals surface area contributed by atoms with E-state index >= 15 is 0 Å². The van der Waals surface area contributed by atoms with Gasteiger partial charge in [0.2, 0.25) is 11.8 Å². The lowest BCUT2D eigenvalue weighted by molar-refractivity contribution is -0.155. The minimum Gasteiger partial charge on any atom is -0.460 e. The molecule has 0 aliphatic rings. The summed E-state index contributed by atoms with van der Waals surface area (Å²) >= 11 is 0. The lowest BCUT2D eigenvalue weighted by Crippen LogP contribution is -2.44. The summed E-state index contributed by atoms with van der Waals surface area (Å²) in [6.07, 6.45) is 0.195. The maximum absolute atomic E-state index is 12.9. The minimum absolute atomic E-state index is 0.104. The van der Waals surface area contributed by atoms with Crippen LogP contribution in [0.15, 0.2) is 29.2 Å². The van der Waals surface area contributed by atoms with Gasteiger partial charge >= 0.3 is 5.97 Å². The second-order valence-corrected chi connectivity index (χ2v) is 12.3. The molecule has 0 aliphatic carbocycles. The Morgan fingerprint density at radius 2 is 1.58 bits per heavy atom. The largest absolute Gasteiger partial charge is 0.460 e. The van der Waals surface area contributed by atoms with Crippen molar-refractivity contribution >= 4 is 27.6 Å². The van der Waals surface area contributed by atoms with Gasteiger partial charge in [-0.05, 0) is 67.0 Å². The van der Waals surface area contributed by atoms with E-state index in [0.717, 1.165) is 5.56 Å². The first kappa shape index (κ1) is 28.6. The van der Waals surface area contributed by atoms with Crippen molar-refractivity contribution < 1.29 is 27.5 Å². The Hall–Kier alpha value is -2.42. The highest BCUT2D eigenvalue weighted by Crippen LogP contribution is 2.18. The summed E-state index contributed by atoms with van der Waals surface area (Å²) in [7, 11) is -3.79. The molecule has 2 N–H and O–H groups in total. The zero-order chi connectivity index (χ0) is 25.4. The number of benzene rings is 1. The van der Waals surface area contributed by atoms with Crippen LogP contribution >= 0.6 is 0 Å². The van der Waals surface area contributed by atoms with Crippen LogP contribution < -0.4 is 10.6 Å². The lowest BCUT2D eigenvalue weighted by Gasteiger charge is -2.23. The van der Waals surface area contributed by atoms with Crippen LogP contribution in [0.1, 0.15) is 66.4 Å². The first-order chi connectivity index (χ1) is 15.0. The standard InChI is InChI=1S/C24H38N2O6S/c1-17-10-12-19(13-11-17)33(30,31)16-18(15-20(27)26-23(2,3)4)22(29)25-14-8-9-21(28)32-24(5,6)7/h10-13,18H,8-9,14-16H2,1-7H3,(H,25,29)(H,26,27)/t18-/m1/s1. The van der Waals surface area contributed by atoms with Crippen LogP contribution in [0.4, 0.5) is 0 Å². The molecule has 0 aromatic heterocycles. The molecule has 1 rings (SSSR count). The molecule has 2 amide bonds. The zero-order valence-electron chi connectivity index (χ0n) is 20.8. The van der Waals surface area contributed by atoms with Gasteiger partial charge < -0.3 is 15.4 Å². The molecule has 1 aromatic carbocycles. The Kier molecular flexibility index (Phi) is 10.1. The molecule has 0 heterocycles. The Labute approximate surface area is 197 Å². The van der Waals surface area contributed by atoms with Crippen molar-refractivity contribution in [3.8, 4) is 0 Å². The van der Waals surface area contributed by atoms with Crippen molar-refractivity contribution in [3.05, 3.63) is 29.8 Å². The molecule has 186 valence electrons. The third-order valence-electron chi connectivity index (χ3n) is 4.39. The summed E-state index contributed by atoms with van der Waals surface area (Å²) in [4.78, 5) is 37.2. The van der Waals surface area contributed by atoms with Crippen LogP contribution in [0.3, 0.4) is 0 Å². The number of carbonyl (C=O) groups is 3. The molecule has 1 atom stereocenters. The van der Waals surface area contributed by atoms with Crippen molar-refractivity contribution in [1.29, 1.82) is 0 Å². The molecule has 0 aliphatic heterocycles. The summed E-state index contributed by atoms with van der Waals surface area (Å²) in [5.41, 5.74) is -0.185. The highest BCUT2D eigenvalue weighted by molar-refractivity contribution is 7.91. The van der Waals surface area contributed by atoms with Gasteiger partial charge in [0.25, 0.3) is 0 Å². The number of nitrogens with one attached hydrogen (secondary N) is 2. The van der Waals surface area contributed by atoms with Gasteiger partial charge in [-0.1, -0.05) is 17.7 Å². The molecular weight excluding hydrogens is 444 g/mol. The molecular formula is C24H38N2O6S. The number of hydrogen-bond donors (Lipinski definition) is 2. The third kappa shape index (κ3) is 11.8. The van der Waals surface area contributed by atoms with E-state index in [2.05, 4.69) is 10.6 Å². The average Bonchev–Trinajstić information content (AvgIpc) is 2.61. The van der Waals surface area contributed by atoms with Crippen LogP contribution in [-0.2, 0) is 29.0 Å². The molecule has 0 bridgehead atoms. The van der Waals surface area contributed by atoms with Gasteiger partial charge in [0.15, 0.2) is 9.84 Å². The monoisotopic (exact) mass is 482 g/mol. The van der Waals surface area contributed by atoms with Gasteiger partial charge in [-0.25, -0.2) is 8.42 Å². The van der Waals surface area contributed by atoms with Gasteiger partial charge in [-0.2, -0.15) is 0 Å². The second-order valence-electron chi connectivity index (χ2n) is 10.3. The van der Waals surface area contributed by atoms with Crippen molar-refractivity contribution in [1.82, 2.24) is 10.6 Å². The Morgan fingerprint density at radius 3 is 2.09 bits per heavy atom. The number of carbonyl (C=O) groups excluding carboxylic acids is 3. The van der Waals surface area contributed by atoms with Crippen LogP contribution in [0.5, 0.6) is 0 Å². The number of ether oxygens (including phenoxy) is 1. The zero-order valence-corrected chi connectivity index (χ0v) is 21.6. The normalized spacial score (nSPS) is 13.2. The van der Waals surface area contributed by atoms with Crippen molar-refractivity contribution in [2.45, 2.75) is 83.8 Å². The smallest absolute Gasteiger partial charge is 0.306 e. The molecule has 0 saturated heterocycles. The molecule has 0 spiro atoms. The van der Waals surface area contributed by atoms with Gasteiger partial charge in [0.1, 0.15) is 5.60 Å². The average molecular weight is 483 g/mol. The fourth-order valence-electron chi connectivity index (χ4n) is 3.01. The molecule has 1 aromatic rings. The Bertz CT molecular complexity index is 925. The van der Waals surface area contributed by atoms with E-state index < -0.39 is 44.5 Å². The maximum atomic E-state index is 12.9. The van der Waals surface area contributed by atoms with Gasteiger partial charge in [-0.15, -0.1) is 0 Å². The van der Waals surface area contributed by atoms with Crippen LogP contribution in [0.2, 0.25) is 0 Å². The number of amides is 2. The van der Waals surface area contributed by atoms with E-state index in [1.54, 1.807) is 53.7 Å². The van der Waals surface area contributed by atoms with E-state index in [4.69, 9.17) is 4.74 Å². The van der Waals surface area contributed by atoms with Gasteiger partial charge in [-0.3, -0.25) is 14.4 Å². The Balaban J connectivity index is 2.84. The van der Waals surface area contributed by atoms with E-state index in [1.165, 1.54) is 12.1 Å². The van der Waals surface area contributed by atoms with E-state index in [1.807, 2.05) is 6.92 Å². The number of aryl methyl sites for hydroxylation is 1. The summed E-state index contributed by atoms with van der Waals surface area (Å²) in [6.45, 7) is 12.7. The van der Waals surface area contributed by atoms with Crippen LogP contribution in [0, 0.1) is 12.8 Å². The number of sulfone groups is 1. The van der Waals surface area contributed by atoms with E-state index in [0.29, 0.717) is 6.42 Å². The van der Waals surface area contributed by atoms with Gasteiger partial charge in [0, 0.05) is 24.9 Å². The lowest BCUT2D eigenvalue weighted by atomic mass is 10.0. The summed E-state index contributed by atoms with van der Waals surface area (Å²) in [5, 5.41) is 5.43. The fraction of sp³-hybridized carbons (Fsp3) is 0.625. The minimum atomic E-state index is -3.79. The summed E-state index contributed by atoms with van der Waals surface area (Å²) in [5.74, 6) is -2.89. The number of esters is 1. The first-order valence-corrected chi connectivity index (χ1v) is 12.7. The van der Waals surface area contributed by atoms with Crippen molar-refractivity contribution in [2.24, 2.45) is 5.92 Å². The SMILES string of the molecule is Cc1ccc(S(=O)(=O)C[C@@H](CC(=O)NC(C)(C)C)C(=O)NCCCC(=O)OC(C)(C)C)cc1. The van der Waals surface area contributed by atoms with Gasteiger partial charge in [0.05, 0.1) is 16.6 Å². The summed E-state index contributed by atoms with van der Waals surface area (Å²) in [6, 6.07) is 6.36. The molecule has 0 radical (unpaired) electrons. The highest BCUT2D eigenvalue weighted by atomic mass is 32.2. The third-order valence-corrected chi connectivity index (χ3v) is 6.23. The number of rotatable bonds is 10. The van der Waals surface area contributed by atoms with E-state index in [-0.39, 0.29) is 30.3 Å². The number of hydrogen-bond acceptors (Lipinski definition) is 6. The quantitative estimate of drug-likeness (QED) is 0.391. The van der Waals surface area contributed by atoms with Crippen LogP contribution in [-0.4, -0.2) is 49.6 Å². The Morgan fingerprint density at radius 1 is 1.00 bits per heavy atom. The molecule has 8 nitrogen and oxygen atoms in total. The first-order valence-electron chi connectivity index (χ1n) is 11.1. The highest BCUT2D eigenvalue weighted by Gasteiger charge is 2.30. The predicted molar refractivity (Wildman–Crippen MR) is 127 cm³/mol. The van der Waals surface area contributed by atoms with Crippen molar-refractivity contribution in [2.75, 3.05) is 12.3 Å². The molecule has 9 heteroatoms. The summed E-state index contributed by atoms with van der Waals surface area (Å²) < 4.78 is 31.0. The van der Waals surface area contributed by atoms with Crippen LogP contribution in [0.25, 0.3) is 0 Å². The molecule has 0 fully saturated rings. The second kappa shape index (κ2) is 11.6. The predicted octanol–water partition coefficient (Wildman–Crippen LogP) is 2.93. The van der Waals surface area contributed by atoms with Crippen molar-refractivity contribution in [3.63, 3.8) is 0 Å².